The molecular weight excluding hydrogens is 314 g/mol. The van der Waals surface area contributed by atoms with Gasteiger partial charge in [0.1, 0.15) is 0 Å². The maximum Gasteiger partial charge on any atom is 0.313 e. The van der Waals surface area contributed by atoms with Crippen molar-refractivity contribution in [2.45, 2.75) is 58.3 Å². The van der Waals surface area contributed by atoms with Crippen molar-refractivity contribution in [1.82, 2.24) is 0 Å². The molecule has 1 atom stereocenters. The smallest absolute Gasteiger partial charge is 0.313 e. The van der Waals surface area contributed by atoms with Gasteiger partial charge in [-0.1, -0.05) is 37.6 Å². The van der Waals surface area contributed by atoms with Gasteiger partial charge in [-0.3, -0.25) is 9.59 Å². The standard InChI is InChI=1S/C21H31NO3/c1-3-4-13-25-21(24)15(2)17-9-11-19(12-10-17)20(23)18-7-5-16(14-22)6-8-18/h9-12,15-16,18H,3-8,13-14,22H2,1-2H3. The molecule has 1 aliphatic rings. The molecular formula is C21H31NO3. The molecule has 0 aliphatic heterocycles. The Morgan fingerprint density at radius 1 is 1.16 bits per heavy atom. The molecule has 0 radical (unpaired) electrons. The summed E-state index contributed by atoms with van der Waals surface area (Å²) < 4.78 is 5.28. The van der Waals surface area contributed by atoms with E-state index in [1.807, 2.05) is 31.2 Å². The Morgan fingerprint density at radius 2 is 1.80 bits per heavy atom. The number of Topliss-reactive ketones (excluding diaryl/α,β-unsaturated/α-hetero) is 1. The molecule has 1 fully saturated rings. The lowest BCUT2D eigenvalue weighted by atomic mass is 9.78. The summed E-state index contributed by atoms with van der Waals surface area (Å²) in [6.45, 7) is 5.11. The van der Waals surface area contributed by atoms with Gasteiger partial charge in [-0.05, 0) is 57.1 Å². The van der Waals surface area contributed by atoms with E-state index >= 15 is 0 Å². The van der Waals surface area contributed by atoms with Crippen LogP contribution in [0.4, 0.5) is 0 Å². The van der Waals surface area contributed by atoms with Crippen molar-refractivity contribution in [2.75, 3.05) is 13.2 Å². The Hall–Kier alpha value is -1.68. The van der Waals surface area contributed by atoms with Crippen molar-refractivity contribution in [1.29, 1.82) is 0 Å². The Labute approximate surface area is 151 Å². The van der Waals surface area contributed by atoms with Crippen molar-refractivity contribution in [2.24, 2.45) is 17.6 Å². The van der Waals surface area contributed by atoms with E-state index in [2.05, 4.69) is 6.92 Å². The van der Waals surface area contributed by atoms with Gasteiger partial charge in [0.2, 0.25) is 0 Å². The zero-order valence-corrected chi connectivity index (χ0v) is 15.5. The zero-order chi connectivity index (χ0) is 18.2. The van der Waals surface area contributed by atoms with Gasteiger partial charge in [0, 0.05) is 11.5 Å². The molecule has 2 N–H and O–H groups in total. The topological polar surface area (TPSA) is 69.4 Å². The van der Waals surface area contributed by atoms with Crippen LogP contribution in [0.5, 0.6) is 0 Å². The molecule has 25 heavy (non-hydrogen) atoms. The van der Waals surface area contributed by atoms with Crippen LogP contribution in [0.25, 0.3) is 0 Å². The highest BCUT2D eigenvalue weighted by Crippen LogP contribution is 2.30. The third kappa shape index (κ3) is 5.40. The number of ether oxygens (including phenoxy) is 1. The van der Waals surface area contributed by atoms with Gasteiger partial charge in [-0.15, -0.1) is 0 Å². The Kier molecular flexibility index (Phi) is 7.63. The van der Waals surface area contributed by atoms with Crippen LogP contribution in [0.15, 0.2) is 24.3 Å². The van der Waals surface area contributed by atoms with E-state index in [1.54, 1.807) is 0 Å². The highest BCUT2D eigenvalue weighted by molar-refractivity contribution is 5.98. The quantitative estimate of drug-likeness (QED) is 0.438. The molecule has 0 amide bonds. The fourth-order valence-corrected chi connectivity index (χ4v) is 3.41. The average Bonchev–Trinajstić information content (AvgIpc) is 2.67. The molecule has 1 aliphatic carbocycles. The molecule has 0 bridgehead atoms. The van der Waals surface area contributed by atoms with Gasteiger partial charge < -0.3 is 10.5 Å². The molecule has 0 saturated heterocycles. The van der Waals surface area contributed by atoms with Crippen molar-refractivity contribution >= 4 is 11.8 Å². The Bertz CT molecular complexity index is 559. The van der Waals surface area contributed by atoms with Crippen LogP contribution in [-0.4, -0.2) is 24.9 Å². The second kappa shape index (κ2) is 9.71. The van der Waals surface area contributed by atoms with Crippen molar-refractivity contribution < 1.29 is 14.3 Å². The van der Waals surface area contributed by atoms with E-state index in [0.29, 0.717) is 12.5 Å². The highest BCUT2D eigenvalue weighted by Gasteiger charge is 2.26. The molecule has 1 aromatic carbocycles. The fourth-order valence-electron chi connectivity index (χ4n) is 3.41. The highest BCUT2D eigenvalue weighted by atomic mass is 16.5. The van der Waals surface area contributed by atoms with E-state index in [-0.39, 0.29) is 23.6 Å². The Morgan fingerprint density at radius 3 is 2.36 bits per heavy atom. The molecule has 1 saturated carbocycles. The second-order valence-electron chi connectivity index (χ2n) is 7.18. The summed E-state index contributed by atoms with van der Waals surface area (Å²) in [7, 11) is 0. The summed E-state index contributed by atoms with van der Waals surface area (Å²) >= 11 is 0. The summed E-state index contributed by atoms with van der Waals surface area (Å²) in [6, 6.07) is 7.46. The maximum absolute atomic E-state index is 12.7. The normalized spacial score (nSPS) is 21.6. The minimum absolute atomic E-state index is 0.116. The number of unbranched alkanes of at least 4 members (excludes halogenated alkanes) is 1. The van der Waals surface area contributed by atoms with Crippen LogP contribution in [0.3, 0.4) is 0 Å². The largest absolute Gasteiger partial charge is 0.465 e. The number of benzene rings is 1. The van der Waals surface area contributed by atoms with Crippen LogP contribution in [0.1, 0.15) is 74.2 Å². The van der Waals surface area contributed by atoms with Gasteiger partial charge in [0.25, 0.3) is 0 Å². The molecule has 1 unspecified atom stereocenters. The van der Waals surface area contributed by atoms with E-state index in [4.69, 9.17) is 10.5 Å². The molecule has 4 heteroatoms. The predicted molar refractivity (Wildman–Crippen MR) is 99.6 cm³/mol. The fraction of sp³-hybridized carbons (Fsp3) is 0.619. The average molecular weight is 345 g/mol. The van der Waals surface area contributed by atoms with Crippen LogP contribution in [-0.2, 0) is 9.53 Å². The van der Waals surface area contributed by atoms with Crippen LogP contribution >= 0.6 is 0 Å². The van der Waals surface area contributed by atoms with Crippen LogP contribution in [0.2, 0.25) is 0 Å². The van der Waals surface area contributed by atoms with Crippen molar-refractivity contribution in [3.63, 3.8) is 0 Å². The van der Waals surface area contributed by atoms with Gasteiger partial charge in [0.05, 0.1) is 12.5 Å². The third-order valence-electron chi connectivity index (χ3n) is 5.34. The van der Waals surface area contributed by atoms with Crippen molar-refractivity contribution in [3.05, 3.63) is 35.4 Å². The van der Waals surface area contributed by atoms with E-state index in [0.717, 1.165) is 56.2 Å². The summed E-state index contributed by atoms with van der Waals surface area (Å²) in [6.07, 6.45) is 5.85. The van der Waals surface area contributed by atoms with Crippen molar-refractivity contribution in [3.8, 4) is 0 Å². The SMILES string of the molecule is CCCCOC(=O)C(C)c1ccc(C(=O)C2CCC(CN)CC2)cc1. The maximum atomic E-state index is 12.7. The zero-order valence-electron chi connectivity index (χ0n) is 15.5. The number of ketones is 1. The molecule has 2 rings (SSSR count). The molecule has 0 aromatic heterocycles. The number of hydrogen-bond donors (Lipinski definition) is 1. The molecule has 138 valence electrons. The Balaban J connectivity index is 1.92. The van der Waals surface area contributed by atoms with E-state index < -0.39 is 0 Å². The van der Waals surface area contributed by atoms with Crippen LogP contribution < -0.4 is 5.73 Å². The number of esters is 1. The first kappa shape index (κ1) is 19.6. The molecule has 4 nitrogen and oxygen atoms in total. The number of carbonyl (C=O) groups excluding carboxylic acids is 2. The minimum Gasteiger partial charge on any atom is -0.465 e. The number of hydrogen-bond acceptors (Lipinski definition) is 4. The first-order chi connectivity index (χ1) is 12.1. The molecule has 0 spiro atoms. The lowest BCUT2D eigenvalue weighted by Gasteiger charge is -2.26. The summed E-state index contributed by atoms with van der Waals surface area (Å²) in [4.78, 5) is 24.7. The van der Waals surface area contributed by atoms with Gasteiger partial charge in [-0.25, -0.2) is 0 Å². The monoisotopic (exact) mass is 345 g/mol. The third-order valence-corrected chi connectivity index (χ3v) is 5.34. The van der Waals surface area contributed by atoms with Gasteiger partial charge >= 0.3 is 5.97 Å². The lowest BCUT2D eigenvalue weighted by Crippen LogP contribution is -2.25. The van der Waals surface area contributed by atoms with Gasteiger partial charge in [0.15, 0.2) is 5.78 Å². The van der Waals surface area contributed by atoms with Crippen LogP contribution in [0, 0.1) is 11.8 Å². The number of carbonyl (C=O) groups is 2. The number of rotatable bonds is 8. The minimum atomic E-state index is -0.305. The summed E-state index contributed by atoms with van der Waals surface area (Å²) in [5, 5.41) is 0. The van der Waals surface area contributed by atoms with E-state index in [1.165, 1.54) is 0 Å². The first-order valence-electron chi connectivity index (χ1n) is 9.57. The summed E-state index contributed by atoms with van der Waals surface area (Å²) in [5.74, 6) is 0.407. The summed E-state index contributed by atoms with van der Waals surface area (Å²) in [5.41, 5.74) is 7.36. The molecule has 0 heterocycles. The first-order valence-corrected chi connectivity index (χ1v) is 9.57. The number of nitrogens with two attached hydrogens (primary N) is 1. The second-order valence-corrected chi connectivity index (χ2v) is 7.18. The molecule has 1 aromatic rings. The predicted octanol–water partition coefficient (Wildman–Crippen LogP) is 4.08. The van der Waals surface area contributed by atoms with E-state index in [9.17, 15) is 9.59 Å². The van der Waals surface area contributed by atoms with Gasteiger partial charge in [-0.2, -0.15) is 0 Å². The lowest BCUT2D eigenvalue weighted by molar-refractivity contribution is -0.145.